The van der Waals surface area contributed by atoms with Gasteiger partial charge in [-0.2, -0.15) is 10.4 Å². The summed E-state index contributed by atoms with van der Waals surface area (Å²) in [5, 5.41) is 24.6. The maximum absolute atomic E-state index is 12.4. The molecule has 2 saturated carbocycles. The van der Waals surface area contributed by atoms with Gasteiger partial charge in [0, 0.05) is 111 Å². The number of hydrogen-bond acceptors (Lipinski definition) is 14. The first-order valence-electron chi connectivity index (χ1n) is 24.1. The number of halogens is 1. The number of amides is 1. The molecule has 1 amide bonds. The first kappa shape index (κ1) is 49.2. The summed E-state index contributed by atoms with van der Waals surface area (Å²) < 4.78 is 19.8. The van der Waals surface area contributed by atoms with E-state index in [1.807, 2.05) is 35.4 Å². The standard InChI is InChI=1S/C38H43N9O4.C13H14ClNO.CH5N/c1-25(49)45-11-7-35-33(21-45)37(44-47(35)29-8-12-50-13-9-29)31-4-2-3-26-15-34(41-20-32(26)31)27(18-39)19-40-10-14-51-30-16-38(17-30)23-46(24-38)36-6-5-28(22-48)42-43-36;14-13-8-12(7-6-10(13)9-15)16-11-4-2-1-3-5-11;1-2/h2-6,15,18-20,22,29-30H,7-14,16-17,21,23-24,39H2,1H3;6-8,11H,1-5H2;2H2,1H3/b27-18+,40-19?;;. The van der Waals surface area contributed by atoms with Gasteiger partial charge in [-0.05, 0) is 94.1 Å². The Morgan fingerprint density at radius 3 is 2.52 bits per heavy atom. The summed E-state index contributed by atoms with van der Waals surface area (Å²) in [6.07, 6.45) is 17.2. The third kappa shape index (κ3) is 11.5. The molecule has 3 aromatic heterocycles. The van der Waals surface area contributed by atoms with E-state index in [-0.39, 0.29) is 17.4 Å². The average molecular weight is 957 g/mol. The van der Waals surface area contributed by atoms with Crippen LogP contribution in [-0.2, 0) is 27.2 Å². The van der Waals surface area contributed by atoms with E-state index in [2.05, 4.69) is 48.7 Å². The SMILES string of the molecule is CC(=O)N1CCc2c(c(-c3cccc4cc(/C(C=NCCOC5CC6(C5)CN(c5ccc(C=O)nn5)C6)=C/N)ncc34)nn2C2CCOCC2)C1.CN.N#Cc1ccc(OC2CCCCC2)cc1Cl. The molecule has 2 aliphatic carbocycles. The molecule has 16 nitrogen and oxygen atoms in total. The maximum Gasteiger partial charge on any atom is 0.219 e. The molecule has 69 heavy (non-hydrogen) atoms. The van der Waals surface area contributed by atoms with E-state index in [9.17, 15) is 9.59 Å². The first-order chi connectivity index (χ1) is 33.7. The molecule has 10 rings (SSSR count). The minimum atomic E-state index is 0.0814. The minimum absolute atomic E-state index is 0.0814. The number of rotatable bonds is 12. The molecule has 362 valence electrons. The molecule has 0 radical (unpaired) electrons. The number of ether oxygens (including phenoxy) is 3. The van der Waals surface area contributed by atoms with Gasteiger partial charge in [0.1, 0.15) is 17.5 Å². The molecule has 6 heterocycles. The zero-order chi connectivity index (χ0) is 48.3. The Bertz CT molecular complexity index is 2670. The third-order valence-electron chi connectivity index (χ3n) is 13.8. The normalized spacial score (nSPS) is 18.3. The number of aldehydes is 1. The number of fused-ring (bicyclic) bond motifs is 2. The fourth-order valence-corrected chi connectivity index (χ4v) is 10.4. The number of nitrogens with zero attached hydrogens (tertiary/aromatic N) is 9. The van der Waals surface area contributed by atoms with Crippen molar-refractivity contribution in [1.29, 1.82) is 5.26 Å². The van der Waals surface area contributed by atoms with Crippen LogP contribution in [0.15, 0.2) is 72.0 Å². The molecule has 2 aromatic carbocycles. The Balaban J connectivity index is 0.000000300. The number of anilines is 1. The third-order valence-corrected chi connectivity index (χ3v) is 14.1. The van der Waals surface area contributed by atoms with Crippen molar-refractivity contribution in [2.75, 3.05) is 57.9 Å². The molecule has 2 saturated heterocycles. The Labute approximate surface area is 408 Å². The van der Waals surface area contributed by atoms with Crippen molar-refractivity contribution in [2.24, 2.45) is 21.9 Å². The van der Waals surface area contributed by atoms with Crippen LogP contribution in [0.1, 0.15) is 104 Å². The van der Waals surface area contributed by atoms with Crippen molar-refractivity contribution in [1.82, 2.24) is 29.9 Å². The lowest BCUT2D eigenvalue weighted by molar-refractivity contribution is -0.129. The van der Waals surface area contributed by atoms with Gasteiger partial charge >= 0.3 is 0 Å². The van der Waals surface area contributed by atoms with E-state index >= 15 is 0 Å². The number of aromatic nitrogens is 5. The summed E-state index contributed by atoms with van der Waals surface area (Å²) in [6, 6.07) is 19.4. The smallest absolute Gasteiger partial charge is 0.219 e. The number of pyridine rings is 1. The van der Waals surface area contributed by atoms with Crippen LogP contribution in [0, 0.1) is 16.7 Å². The van der Waals surface area contributed by atoms with Crippen molar-refractivity contribution in [2.45, 2.75) is 95.9 Å². The van der Waals surface area contributed by atoms with Crippen LogP contribution in [0.3, 0.4) is 0 Å². The Morgan fingerprint density at radius 1 is 1.03 bits per heavy atom. The summed E-state index contributed by atoms with van der Waals surface area (Å²) >= 11 is 5.94. The summed E-state index contributed by atoms with van der Waals surface area (Å²) in [5.41, 5.74) is 17.5. The van der Waals surface area contributed by atoms with E-state index in [0.717, 1.165) is 122 Å². The predicted octanol–water partition coefficient (Wildman–Crippen LogP) is 7.51. The molecule has 0 atom stereocenters. The van der Waals surface area contributed by atoms with Gasteiger partial charge in [0.25, 0.3) is 0 Å². The van der Waals surface area contributed by atoms with Gasteiger partial charge in [-0.1, -0.05) is 36.2 Å². The second-order valence-corrected chi connectivity index (χ2v) is 18.7. The van der Waals surface area contributed by atoms with Gasteiger partial charge in [-0.15, -0.1) is 10.2 Å². The highest BCUT2D eigenvalue weighted by Gasteiger charge is 2.53. The molecule has 3 aliphatic heterocycles. The van der Waals surface area contributed by atoms with Gasteiger partial charge in [0.15, 0.2) is 12.1 Å². The van der Waals surface area contributed by atoms with Crippen molar-refractivity contribution in [3.05, 3.63) is 100 Å². The Kier molecular flexibility index (Phi) is 16.3. The summed E-state index contributed by atoms with van der Waals surface area (Å²) in [6.45, 7) is 7.31. The highest BCUT2D eigenvalue weighted by atomic mass is 35.5. The molecule has 0 bridgehead atoms. The van der Waals surface area contributed by atoms with Crippen LogP contribution in [0.5, 0.6) is 5.75 Å². The van der Waals surface area contributed by atoms with Crippen molar-refractivity contribution >= 4 is 52.2 Å². The average Bonchev–Trinajstić information content (AvgIpc) is 3.75. The number of carbonyl (C=O) groups excluding carboxylic acids is 2. The molecular formula is C52H62ClN11O5. The van der Waals surface area contributed by atoms with Crippen molar-refractivity contribution in [3.63, 3.8) is 0 Å². The van der Waals surface area contributed by atoms with Crippen LogP contribution >= 0.6 is 11.6 Å². The lowest BCUT2D eigenvalue weighted by atomic mass is 9.62. The summed E-state index contributed by atoms with van der Waals surface area (Å²) in [4.78, 5) is 36.8. The lowest BCUT2D eigenvalue weighted by Gasteiger charge is -2.59. The van der Waals surface area contributed by atoms with Gasteiger partial charge in [0.2, 0.25) is 5.91 Å². The Hall–Kier alpha value is -6.25. The molecule has 4 fully saturated rings. The highest BCUT2D eigenvalue weighted by Crippen LogP contribution is 2.50. The van der Waals surface area contributed by atoms with Crippen LogP contribution in [-0.4, -0.2) is 114 Å². The number of nitriles is 1. The van der Waals surface area contributed by atoms with Crippen LogP contribution in [0.2, 0.25) is 5.02 Å². The molecule has 5 aliphatic rings. The van der Waals surface area contributed by atoms with E-state index in [0.29, 0.717) is 61.0 Å². The quantitative estimate of drug-likeness (QED) is 0.0705. The summed E-state index contributed by atoms with van der Waals surface area (Å²) in [7, 11) is 1.50. The van der Waals surface area contributed by atoms with Gasteiger partial charge in [0.05, 0.1) is 53.4 Å². The van der Waals surface area contributed by atoms with E-state index < -0.39 is 0 Å². The number of benzene rings is 2. The monoisotopic (exact) mass is 955 g/mol. The van der Waals surface area contributed by atoms with Crippen LogP contribution in [0.4, 0.5) is 5.82 Å². The summed E-state index contributed by atoms with van der Waals surface area (Å²) in [5.74, 6) is 1.67. The minimum Gasteiger partial charge on any atom is -0.490 e. The fourth-order valence-electron chi connectivity index (χ4n) is 10.1. The second-order valence-electron chi connectivity index (χ2n) is 18.3. The maximum atomic E-state index is 12.4. The highest BCUT2D eigenvalue weighted by molar-refractivity contribution is 6.31. The number of aliphatic imine (C=N–C) groups is 1. The Morgan fingerprint density at radius 2 is 1.83 bits per heavy atom. The largest absolute Gasteiger partial charge is 0.490 e. The van der Waals surface area contributed by atoms with E-state index in [1.54, 1.807) is 37.5 Å². The lowest BCUT2D eigenvalue weighted by Crippen LogP contribution is -2.64. The first-order valence-corrected chi connectivity index (χ1v) is 24.4. The van der Waals surface area contributed by atoms with Gasteiger partial charge in [-0.3, -0.25) is 24.2 Å². The molecule has 4 N–H and O–H groups in total. The van der Waals surface area contributed by atoms with Gasteiger partial charge < -0.3 is 35.5 Å². The molecule has 17 heteroatoms. The van der Waals surface area contributed by atoms with Crippen molar-refractivity contribution < 1.29 is 23.8 Å². The van der Waals surface area contributed by atoms with Crippen LogP contribution < -0.4 is 21.1 Å². The van der Waals surface area contributed by atoms with Crippen molar-refractivity contribution in [3.8, 4) is 23.1 Å². The zero-order valence-electron chi connectivity index (χ0n) is 39.6. The zero-order valence-corrected chi connectivity index (χ0v) is 40.3. The number of carbonyl (C=O) groups is 2. The second kappa shape index (κ2) is 22.9. The number of nitrogens with two attached hydrogens (primary N) is 2. The molecule has 1 spiro atoms. The van der Waals surface area contributed by atoms with E-state index in [1.165, 1.54) is 32.0 Å². The van der Waals surface area contributed by atoms with E-state index in [4.69, 9.17) is 46.9 Å². The molecular weight excluding hydrogens is 894 g/mol. The molecule has 5 aromatic rings. The number of allylic oxidation sites excluding steroid dienone is 1. The fraction of sp³-hybridized carbons (Fsp3) is 0.462. The topological polar surface area (TPSA) is 213 Å². The van der Waals surface area contributed by atoms with Gasteiger partial charge in [-0.25, -0.2) is 0 Å². The van der Waals surface area contributed by atoms with Crippen LogP contribution in [0.25, 0.3) is 27.6 Å². The number of hydrogen-bond donors (Lipinski definition) is 2. The molecule has 0 unspecified atom stereocenters. The predicted molar refractivity (Wildman–Crippen MR) is 267 cm³/mol.